The average molecular weight is 441 g/mol. The van der Waals surface area contributed by atoms with Gasteiger partial charge in [0.05, 0.1) is 23.4 Å². The van der Waals surface area contributed by atoms with E-state index in [1.54, 1.807) is 30.5 Å². The topological polar surface area (TPSA) is 97.5 Å². The highest BCUT2D eigenvalue weighted by atomic mass is 35.5. The number of nitriles is 1. The molecule has 2 heterocycles. The Morgan fingerprint density at radius 2 is 2.16 bits per heavy atom. The highest BCUT2D eigenvalue weighted by Gasteiger charge is 2.41. The van der Waals surface area contributed by atoms with E-state index in [4.69, 9.17) is 11.6 Å². The summed E-state index contributed by atoms with van der Waals surface area (Å²) in [5, 5.41) is 19.8. The Balaban J connectivity index is 2.12. The first-order chi connectivity index (χ1) is 14.7. The van der Waals surface area contributed by atoms with E-state index in [1.807, 2.05) is 12.3 Å². The predicted molar refractivity (Wildman–Crippen MR) is 117 cm³/mol. The molecule has 3 atom stereocenters. The van der Waals surface area contributed by atoms with Crippen LogP contribution in [0.15, 0.2) is 42.7 Å². The summed E-state index contributed by atoms with van der Waals surface area (Å²) >= 11 is 6.61. The molecule has 1 aromatic heterocycles. The highest BCUT2D eigenvalue weighted by molar-refractivity contribution is 6.34. The van der Waals surface area contributed by atoms with Crippen LogP contribution in [0.25, 0.3) is 0 Å². The van der Waals surface area contributed by atoms with Gasteiger partial charge in [0.25, 0.3) is 5.91 Å². The summed E-state index contributed by atoms with van der Waals surface area (Å²) in [6, 6.07) is 6.88. The van der Waals surface area contributed by atoms with Crippen LogP contribution in [0.2, 0.25) is 5.02 Å². The number of aliphatic hydroxyl groups is 1. The Kier molecular flexibility index (Phi) is 6.63. The van der Waals surface area contributed by atoms with Crippen LogP contribution < -0.4 is 4.90 Å². The Morgan fingerprint density at radius 3 is 2.71 bits per heavy atom. The lowest BCUT2D eigenvalue weighted by molar-refractivity contribution is -0.124. The lowest BCUT2D eigenvalue weighted by Crippen LogP contribution is -2.46. The van der Waals surface area contributed by atoms with Gasteiger partial charge in [0.1, 0.15) is 18.4 Å². The summed E-state index contributed by atoms with van der Waals surface area (Å²) in [5.74, 6) is -0.482. The van der Waals surface area contributed by atoms with Crippen LogP contribution in [0.4, 0.5) is 5.69 Å². The van der Waals surface area contributed by atoms with Gasteiger partial charge in [-0.3, -0.25) is 19.6 Å². The lowest BCUT2D eigenvalue weighted by atomic mass is 9.87. The maximum atomic E-state index is 13.7. The van der Waals surface area contributed by atoms with Gasteiger partial charge >= 0.3 is 0 Å². The second-order valence-corrected chi connectivity index (χ2v) is 9.06. The van der Waals surface area contributed by atoms with E-state index in [2.05, 4.69) is 25.8 Å². The lowest BCUT2D eigenvalue weighted by Gasteiger charge is -2.33. The number of anilines is 1. The molecule has 31 heavy (non-hydrogen) atoms. The Bertz CT molecular complexity index is 1000. The average Bonchev–Trinajstić information content (AvgIpc) is 3.12. The maximum absolute atomic E-state index is 13.7. The molecule has 0 bridgehead atoms. The van der Waals surface area contributed by atoms with E-state index in [1.165, 1.54) is 16.0 Å². The van der Waals surface area contributed by atoms with E-state index >= 15 is 0 Å². The third-order valence-electron chi connectivity index (χ3n) is 5.44. The normalized spacial score (nSPS) is 19.5. The van der Waals surface area contributed by atoms with E-state index in [-0.39, 0.29) is 18.4 Å². The Hall–Kier alpha value is -2.95. The smallest absolute Gasteiger partial charge is 0.251 e. The summed E-state index contributed by atoms with van der Waals surface area (Å²) in [6.45, 7) is 6.22. The van der Waals surface area contributed by atoms with Crippen molar-refractivity contribution >= 4 is 29.5 Å². The minimum atomic E-state index is -0.988. The fourth-order valence-electron chi connectivity index (χ4n) is 3.73. The van der Waals surface area contributed by atoms with Gasteiger partial charge in [-0.05, 0) is 29.2 Å². The van der Waals surface area contributed by atoms with Crippen molar-refractivity contribution in [3.63, 3.8) is 0 Å². The number of carbonyl (C=O) groups excluding carboxylic acids is 2. The minimum absolute atomic E-state index is 0.0656. The molecule has 1 N–H and O–H groups in total. The molecule has 0 aliphatic carbocycles. The van der Waals surface area contributed by atoms with Crippen molar-refractivity contribution in [2.24, 2.45) is 0 Å². The first-order valence-corrected chi connectivity index (χ1v) is 10.4. The van der Waals surface area contributed by atoms with Crippen molar-refractivity contribution in [1.82, 2.24) is 9.88 Å². The molecule has 3 unspecified atom stereocenters. The van der Waals surface area contributed by atoms with E-state index < -0.39 is 24.1 Å². The third-order valence-corrected chi connectivity index (χ3v) is 5.74. The molecule has 1 aromatic carbocycles. The van der Waals surface area contributed by atoms with Crippen LogP contribution in [0, 0.1) is 11.5 Å². The molecule has 0 spiro atoms. The Labute approximate surface area is 186 Å². The standard InChI is InChI=1S/C23H25ClN4O3/c1-23(2,3)16-6-7-19(18(24)9-16)28(21(13-29)15-5-4-8-26-11-15)22(31)20-10-17(30)12-27(20)14-25/h4-9,11,13,17,20-21,30H,10,12H2,1-3H3. The summed E-state index contributed by atoms with van der Waals surface area (Å²) in [5.41, 5.74) is 1.70. The van der Waals surface area contributed by atoms with Gasteiger partial charge in [0, 0.05) is 24.4 Å². The summed E-state index contributed by atoms with van der Waals surface area (Å²) < 4.78 is 0. The molecule has 0 saturated carbocycles. The zero-order chi connectivity index (χ0) is 22.8. The molecular formula is C23H25ClN4O3. The number of halogens is 1. The van der Waals surface area contributed by atoms with Crippen LogP contribution in [-0.4, -0.2) is 45.9 Å². The van der Waals surface area contributed by atoms with Crippen LogP contribution >= 0.6 is 11.6 Å². The zero-order valence-corrected chi connectivity index (χ0v) is 18.5. The molecule has 1 amide bonds. The number of aromatic nitrogens is 1. The van der Waals surface area contributed by atoms with Gasteiger partial charge < -0.3 is 9.90 Å². The molecule has 8 heteroatoms. The van der Waals surface area contributed by atoms with Crippen LogP contribution in [-0.2, 0) is 15.0 Å². The number of nitrogens with zero attached hydrogens (tertiary/aromatic N) is 4. The van der Waals surface area contributed by atoms with Gasteiger partial charge in [0.2, 0.25) is 0 Å². The number of likely N-dealkylation sites (tertiary alicyclic amines) is 1. The third kappa shape index (κ3) is 4.71. The molecular weight excluding hydrogens is 416 g/mol. The van der Waals surface area contributed by atoms with Crippen molar-refractivity contribution in [3.05, 3.63) is 58.9 Å². The summed E-state index contributed by atoms with van der Waals surface area (Å²) in [6.07, 6.45) is 5.01. The number of hydrogen-bond donors (Lipinski definition) is 1. The number of benzene rings is 1. The van der Waals surface area contributed by atoms with E-state index in [0.29, 0.717) is 22.6 Å². The number of β-amino-alcohol motifs (C(OH)–C–C–N with tert-alkyl or cyclic N) is 1. The van der Waals surface area contributed by atoms with Crippen molar-refractivity contribution in [2.45, 2.75) is 50.8 Å². The first-order valence-electron chi connectivity index (χ1n) is 10.00. The SMILES string of the molecule is CC(C)(C)c1ccc(N(C(=O)C2CC(O)CN2C#N)C(C=O)c2cccnc2)c(Cl)c1. The van der Waals surface area contributed by atoms with Gasteiger partial charge in [-0.1, -0.05) is 44.5 Å². The summed E-state index contributed by atoms with van der Waals surface area (Å²) in [4.78, 5) is 32.5. The van der Waals surface area contributed by atoms with Gasteiger partial charge in [-0.15, -0.1) is 0 Å². The van der Waals surface area contributed by atoms with Gasteiger partial charge in [0.15, 0.2) is 6.19 Å². The maximum Gasteiger partial charge on any atom is 0.251 e. The molecule has 2 aromatic rings. The zero-order valence-electron chi connectivity index (χ0n) is 17.7. The second kappa shape index (κ2) is 9.04. The molecule has 3 rings (SSSR count). The van der Waals surface area contributed by atoms with Crippen molar-refractivity contribution in [1.29, 1.82) is 5.26 Å². The van der Waals surface area contributed by atoms with Gasteiger partial charge in [-0.2, -0.15) is 5.26 Å². The molecule has 162 valence electrons. The molecule has 1 fully saturated rings. The number of hydrogen-bond acceptors (Lipinski definition) is 6. The number of rotatable bonds is 5. The van der Waals surface area contributed by atoms with Crippen molar-refractivity contribution < 1.29 is 14.7 Å². The van der Waals surface area contributed by atoms with E-state index in [9.17, 15) is 20.0 Å². The number of pyridine rings is 1. The van der Waals surface area contributed by atoms with E-state index in [0.717, 1.165) is 5.56 Å². The fraction of sp³-hybridized carbons (Fsp3) is 0.391. The second-order valence-electron chi connectivity index (χ2n) is 8.65. The monoisotopic (exact) mass is 440 g/mol. The molecule has 1 saturated heterocycles. The minimum Gasteiger partial charge on any atom is -0.391 e. The number of aldehydes is 1. The number of carbonyl (C=O) groups is 2. The van der Waals surface area contributed by atoms with Crippen LogP contribution in [0.3, 0.4) is 0 Å². The summed E-state index contributed by atoms with van der Waals surface area (Å²) in [7, 11) is 0. The quantitative estimate of drug-likeness (QED) is 0.566. The molecule has 0 radical (unpaired) electrons. The van der Waals surface area contributed by atoms with Crippen molar-refractivity contribution in [3.8, 4) is 6.19 Å². The molecule has 1 aliphatic heterocycles. The predicted octanol–water partition coefficient (Wildman–Crippen LogP) is 3.22. The number of aliphatic hydroxyl groups excluding tert-OH is 1. The highest BCUT2D eigenvalue weighted by Crippen LogP contribution is 2.37. The van der Waals surface area contributed by atoms with Crippen LogP contribution in [0.5, 0.6) is 0 Å². The molecule has 7 nitrogen and oxygen atoms in total. The fourth-order valence-corrected chi connectivity index (χ4v) is 4.00. The van der Waals surface area contributed by atoms with Crippen molar-refractivity contribution in [2.75, 3.05) is 11.4 Å². The van der Waals surface area contributed by atoms with Crippen LogP contribution in [0.1, 0.15) is 44.4 Å². The Morgan fingerprint density at radius 1 is 1.42 bits per heavy atom. The number of amides is 1. The largest absolute Gasteiger partial charge is 0.391 e. The molecule has 1 aliphatic rings. The van der Waals surface area contributed by atoms with Gasteiger partial charge in [-0.25, -0.2) is 0 Å². The first kappa shape index (κ1) is 22.7.